The van der Waals surface area contributed by atoms with Gasteiger partial charge in [-0.15, -0.1) is 0 Å². The molecule has 1 amide bonds. The first kappa shape index (κ1) is 18.9. The van der Waals surface area contributed by atoms with Crippen LogP contribution in [0.1, 0.15) is 48.9 Å². The molecule has 0 atom stereocenters. The Morgan fingerprint density at radius 1 is 1.04 bits per heavy atom. The van der Waals surface area contributed by atoms with Crippen LogP contribution in [0.15, 0.2) is 30.6 Å². The van der Waals surface area contributed by atoms with Gasteiger partial charge in [0.2, 0.25) is 5.95 Å². The first-order valence-electron chi connectivity index (χ1n) is 9.31. The molecule has 1 aromatic heterocycles. The van der Waals surface area contributed by atoms with E-state index in [2.05, 4.69) is 20.6 Å². The third kappa shape index (κ3) is 5.09. The van der Waals surface area contributed by atoms with Crippen LogP contribution in [-0.2, 0) is 0 Å². The highest BCUT2D eigenvalue weighted by Gasteiger charge is 2.16. The number of carbonyl (C=O) groups excluding carboxylic acids is 1. The van der Waals surface area contributed by atoms with Crippen molar-refractivity contribution in [1.82, 2.24) is 15.3 Å². The minimum absolute atomic E-state index is 0.115. The van der Waals surface area contributed by atoms with Gasteiger partial charge in [-0.25, -0.2) is 9.97 Å². The lowest BCUT2D eigenvalue weighted by Gasteiger charge is -2.16. The second-order valence-electron chi connectivity index (χ2n) is 6.65. The van der Waals surface area contributed by atoms with Gasteiger partial charge in [0.25, 0.3) is 5.91 Å². The zero-order chi connectivity index (χ0) is 19.1. The fraction of sp³-hybridized carbons (Fsp3) is 0.450. The molecule has 1 saturated carbocycles. The molecule has 0 aliphatic heterocycles. The van der Waals surface area contributed by atoms with E-state index in [0.717, 1.165) is 12.8 Å². The van der Waals surface area contributed by atoms with Crippen molar-refractivity contribution in [2.45, 2.75) is 44.6 Å². The maximum atomic E-state index is 12.4. The summed E-state index contributed by atoms with van der Waals surface area (Å²) in [5, 5.41) is 6.20. The van der Waals surface area contributed by atoms with E-state index in [1.54, 1.807) is 20.3 Å². The SMILES string of the molecule is COc1ccc(Nc2ncc(C(=O)NC3CCCCCC3)cn2)c(OC)c1. The van der Waals surface area contributed by atoms with Crippen molar-refractivity contribution in [1.29, 1.82) is 0 Å². The predicted octanol–water partition coefficient (Wildman–Crippen LogP) is 3.69. The number of aromatic nitrogens is 2. The van der Waals surface area contributed by atoms with Gasteiger partial charge in [-0.1, -0.05) is 25.7 Å². The molecule has 0 radical (unpaired) electrons. The average Bonchev–Trinajstić information content (AvgIpc) is 2.97. The highest BCUT2D eigenvalue weighted by molar-refractivity contribution is 5.93. The molecular weight excluding hydrogens is 344 g/mol. The molecule has 1 aromatic carbocycles. The number of hydrogen-bond acceptors (Lipinski definition) is 6. The molecule has 1 aliphatic rings. The topological polar surface area (TPSA) is 85.4 Å². The number of nitrogens with one attached hydrogen (secondary N) is 2. The van der Waals surface area contributed by atoms with E-state index in [1.807, 2.05) is 12.1 Å². The second kappa shape index (κ2) is 9.21. The van der Waals surface area contributed by atoms with E-state index in [1.165, 1.54) is 38.1 Å². The summed E-state index contributed by atoms with van der Waals surface area (Å²) in [6.45, 7) is 0. The fourth-order valence-electron chi connectivity index (χ4n) is 3.22. The summed E-state index contributed by atoms with van der Waals surface area (Å²) < 4.78 is 10.5. The molecule has 1 aliphatic carbocycles. The molecule has 0 saturated heterocycles. The Morgan fingerprint density at radius 2 is 1.74 bits per heavy atom. The van der Waals surface area contributed by atoms with E-state index in [-0.39, 0.29) is 11.9 Å². The van der Waals surface area contributed by atoms with Crippen LogP contribution in [0.3, 0.4) is 0 Å². The van der Waals surface area contributed by atoms with Crippen LogP contribution in [0, 0.1) is 0 Å². The van der Waals surface area contributed by atoms with Gasteiger partial charge in [-0.05, 0) is 25.0 Å². The molecule has 1 heterocycles. The largest absolute Gasteiger partial charge is 0.497 e. The molecule has 7 nitrogen and oxygen atoms in total. The Morgan fingerprint density at radius 3 is 2.37 bits per heavy atom. The number of ether oxygens (including phenoxy) is 2. The molecular formula is C20H26N4O3. The van der Waals surface area contributed by atoms with Crippen LogP contribution in [0.5, 0.6) is 11.5 Å². The van der Waals surface area contributed by atoms with E-state index in [0.29, 0.717) is 28.7 Å². The highest BCUT2D eigenvalue weighted by Crippen LogP contribution is 2.30. The van der Waals surface area contributed by atoms with Crippen molar-refractivity contribution >= 4 is 17.5 Å². The highest BCUT2D eigenvalue weighted by atomic mass is 16.5. The third-order valence-electron chi connectivity index (χ3n) is 4.76. The number of benzene rings is 1. The van der Waals surface area contributed by atoms with Crippen LogP contribution in [0.2, 0.25) is 0 Å². The van der Waals surface area contributed by atoms with Gasteiger partial charge >= 0.3 is 0 Å². The smallest absolute Gasteiger partial charge is 0.254 e. The van der Waals surface area contributed by atoms with Crippen LogP contribution in [0.4, 0.5) is 11.6 Å². The van der Waals surface area contributed by atoms with Crippen molar-refractivity contribution in [3.8, 4) is 11.5 Å². The maximum absolute atomic E-state index is 12.4. The first-order chi connectivity index (χ1) is 13.2. The van der Waals surface area contributed by atoms with Gasteiger partial charge in [-0.2, -0.15) is 0 Å². The van der Waals surface area contributed by atoms with Crippen molar-refractivity contribution in [3.63, 3.8) is 0 Å². The Kier molecular flexibility index (Phi) is 6.46. The molecule has 0 unspecified atom stereocenters. The van der Waals surface area contributed by atoms with Crippen LogP contribution < -0.4 is 20.1 Å². The number of methoxy groups -OCH3 is 2. The minimum Gasteiger partial charge on any atom is -0.497 e. The van der Waals surface area contributed by atoms with Gasteiger partial charge in [0, 0.05) is 24.5 Å². The summed E-state index contributed by atoms with van der Waals surface area (Å²) in [5.41, 5.74) is 1.18. The first-order valence-corrected chi connectivity index (χ1v) is 9.31. The van der Waals surface area contributed by atoms with Crippen molar-refractivity contribution in [2.75, 3.05) is 19.5 Å². The lowest BCUT2D eigenvalue weighted by atomic mass is 10.1. The predicted molar refractivity (Wildman–Crippen MR) is 104 cm³/mol. The lowest BCUT2D eigenvalue weighted by molar-refractivity contribution is 0.0932. The number of carbonyl (C=O) groups is 1. The number of anilines is 2. The molecule has 0 spiro atoms. The second-order valence-corrected chi connectivity index (χ2v) is 6.65. The summed E-state index contributed by atoms with van der Waals surface area (Å²) >= 11 is 0. The monoisotopic (exact) mass is 370 g/mol. The number of amides is 1. The van der Waals surface area contributed by atoms with Gasteiger partial charge in [-0.3, -0.25) is 4.79 Å². The summed E-state index contributed by atoms with van der Waals surface area (Å²) in [7, 11) is 3.19. The molecule has 7 heteroatoms. The molecule has 27 heavy (non-hydrogen) atoms. The van der Waals surface area contributed by atoms with Crippen molar-refractivity contribution in [2.24, 2.45) is 0 Å². The zero-order valence-electron chi connectivity index (χ0n) is 15.8. The van der Waals surface area contributed by atoms with Crippen LogP contribution >= 0.6 is 0 Å². The molecule has 144 valence electrons. The molecule has 2 N–H and O–H groups in total. The van der Waals surface area contributed by atoms with Crippen LogP contribution in [-0.4, -0.2) is 36.1 Å². The van der Waals surface area contributed by atoms with Gasteiger partial charge in [0.1, 0.15) is 11.5 Å². The van der Waals surface area contributed by atoms with Crippen molar-refractivity contribution in [3.05, 3.63) is 36.2 Å². The normalized spacial score (nSPS) is 14.9. The Hall–Kier alpha value is -2.83. The van der Waals surface area contributed by atoms with E-state index in [4.69, 9.17) is 9.47 Å². The quantitative estimate of drug-likeness (QED) is 0.755. The number of rotatable bonds is 6. The summed E-state index contributed by atoms with van der Waals surface area (Å²) in [6, 6.07) is 5.67. The molecule has 1 fully saturated rings. The molecule has 3 rings (SSSR count). The van der Waals surface area contributed by atoms with Crippen LogP contribution in [0.25, 0.3) is 0 Å². The molecule has 0 bridgehead atoms. The third-order valence-corrected chi connectivity index (χ3v) is 4.76. The van der Waals surface area contributed by atoms with Gasteiger partial charge in [0.05, 0.1) is 25.5 Å². The van der Waals surface area contributed by atoms with E-state index in [9.17, 15) is 4.79 Å². The Balaban J connectivity index is 1.64. The summed E-state index contributed by atoms with van der Waals surface area (Å²) in [4.78, 5) is 20.9. The Bertz CT molecular complexity index is 756. The average molecular weight is 370 g/mol. The maximum Gasteiger partial charge on any atom is 0.254 e. The van der Waals surface area contributed by atoms with Gasteiger partial charge in [0.15, 0.2) is 0 Å². The minimum atomic E-state index is -0.115. The van der Waals surface area contributed by atoms with Crippen molar-refractivity contribution < 1.29 is 14.3 Å². The standard InChI is InChI=1S/C20H26N4O3/c1-26-16-9-10-17(18(11-16)27-2)24-20-21-12-14(13-22-20)19(25)23-15-7-5-3-4-6-8-15/h9-13,15H,3-8H2,1-2H3,(H,23,25)(H,21,22,24). The number of nitrogens with zero attached hydrogens (tertiary/aromatic N) is 2. The zero-order valence-corrected chi connectivity index (χ0v) is 15.8. The van der Waals surface area contributed by atoms with E-state index >= 15 is 0 Å². The Labute approximate surface area is 159 Å². The summed E-state index contributed by atoms with van der Waals surface area (Å²) in [6.07, 6.45) is 10.0. The van der Waals surface area contributed by atoms with E-state index < -0.39 is 0 Å². The van der Waals surface area contributed by atoms with Gasteiger partial charge < -0.3 is 20.1 Å². The number of hydrogen-bond donors (Lipinski definition) is 2. The lowest BCUT2D eigenvalue weighted by Crippen LogP contribution is -2.34. The summed E-state index contributed by atoms with van der Waals surface area (Å²) in [5.74, 6) is 1.59. The molecule has 2 aromatic rings. The fourth-order valence-corrected chi connectivity index (χ4v) is 3.22.